The van der Waals surface area contributed by atoms with E-state index in [-0.39, 0.29) is 5.91 Å². The molecule has 134 valence electrons. The first-order valence-electron chi connectivity index (χ1n) is 8.97. The molecule has 0 fully saturated rings. The van der Waals surface area contributed by atoms with Crippen LogP contribution in [0.4, 0.5) is 5.69 Å². The number of carbonyl (C=O) groups is 1. The van der Waals surface area contributed by atoms with Crippen LogP contribution in [0.5, 0.6) is 0 Å². The van der Waals surface area contributed by atoms with Crippen LogP contribution in [0, 0.1) is 0 Å². The molecule has 0 aliphatic carbocycles. The highest BCUT2D eigenvalue weighted by Gasteiger charge is 2.11. The van der Waals surface area contributed by atoms with E-state index in [1.807, 2.05) is 77.4 Å². The maximum Gasteiger partial charge on any atom is 0.256 e. The number of benzene rings is 3. The number of hydrogen-bond donors (Lipinski definition) is 1. The molecule has 0 atom stereocenters. The van der Waals surface area contributed by atoms with Crippen LogP contribution in [0.3, 0.4) is 0 Å². The van der Waals surface area contributed by atoms with E-state index >= 15 is 0 Å². The second kappa shape index (κ2) is 6.63. The number of hydrogen-bond acceptors (Lipinski definition) is 3. The van der Waals surface area contributed by atoms with Gasteiger partial charge in [0.1, 0.15) is 6.33 Å². The Balaban J connectivity index is 1.42. The van der Waals surface area contributed by atoms with Crippen molar-refractivity contribution in [3.63, 3.8) is 0 Å². The molecule has 0 unspecified atom stereocenters. The summed E-state index contributed by atoms with van der Waals surface area (Å²) >= 11 is 0. The summed E-state index contributed by atoms with van der Waals surface area (Å²) in [4.78, 5) is 21.5. The number of fused-ring (bicyclic) bond motifs is 2. The summed E-state index contributed by atoms with van der Waals surface area (Å²) < 4.78 is 2.03. The first kappa shape index (κ1) is 16.2. The summed E-state index contributed by atoms with van der Waals surface area (Å²) in [6.45, 7) is 0. The molecular formula is C23H16N4O. The average Bonchev–Trinajstić information content (AvgIpc) is 3.18. The normalized spacial score (nSPS) is 11.0. The van der Waals surface area contributed by atoms with E-state index < -0.39 is 0 Å². The minimum Gasteiger partial charge on any atom is -0.322 e. The van der Waals surface area contributed by atoms with E-state index in [1.54, 1.807) is 18.6 Å². The fraction of sp³-hybridized carbons (Fsp3) is 0. The zero-order valence-electron chi connectivity index (χ0n) is 14.9. The van der Waals surface area contributed by atoms with Crippen molar-refractivity contribution < 1.29 is 4.79 Å². The zero-order chi connectivity index (χ0) is 18.9. The van der Waals surface area contributed by atoms with Crippen molar-refractivity contribution in [1.29, 1.82) is 0 Å². The highest BCUT2D eigenvalue weighted by Crippen LogP contribution is 2.21. The molecule has 0 aliphatic rings. The number of nitrogens with one attached hydrogen (secondary N) is 1. The van der Waals surface area contributed by atoms with Crippen LogP contribution in [0.1, 0.15) is 10.4 Å². The average molecular weight is 364 g/mol. The maximum atomic E-state index is 12.8. The Bertz CT molecular complexity index is 1300. The van der Waals surface area contributed by atoms with E-state index in [2.05, 4.69) is 15.3 Å². The molecule has 5 nitrogen and oxygen atoms in total. The molecule has 2 heterocycles. The van der Waals surface area contributed by atoms with Crippen molar-refractivity contribution in [2.45, 2.75) is 0 Å². The van der Waals surface area contributed by atoms with Gasteiger partial charge >= 0.3 is 0 Å². The summed E-state index contributed by atoms with van der Waals surface area (Å²) in [5.74, 6) is -0.153. The molecule has 0 saturated heterocycles. The van der Waals surface area contributed by atoms with Gasteiger partial charge in [-0.3, -0.25) is 14.3 Å². The molecule has 0 bridgehead atoms. The van der Waals surface area contributed by atoms with Crippen molar-refractivity contribution in [2.75, 3.05) is 5.32 Å². The Morgan fingerprint density at radius 2 is 1.54 bits per heavy atom. The maximum absolute atomic E-state index is 12.8. The van der Waals surface area contributed by atoms with Gasteiger partial charge in [-0.15, -0.1) is 0 Å². The van der Waals surface area contributed by atoms with Gasteiger partial charge in [0.15, 0.2) is 0 Å². The van der Waals surface area contributed by atoms with Crippen LogP contribution in [-0.2, 0) is 0 Å². The van der Waals surface area contributed by atoms with Gasteiger partial charge in [0.25, 0.3) is 5.91 Å². The molecule has 1 amide bonds. The van der Waals surface area contributed by atoms with Crippen LogP contribution in [-0.4, -0.2) is 20.4 Å². The Kier molecular flexibility index (Phi) is 3.84. The van der Waals surface area contributed by atoms with Gasteiger partial charge in [-0.1, -0.05) is 30.3 Å². The Labute approximate surface area is 161 Å². The lowest BCUT2D eigenvalue weighted by Crippen LogP contribution is -2.12. The van der Waals surface area contributed by atoms with Crippen molar-refractivity contribution in [3.8, 4) is 5.69 Å². The summed E-state index contributed by atoms with van der Waals surface area (Å²) in [6, 6.07) is 25.1. The lowest BCUT2D eigenvalue weighted by Gasteiger charge is -2.09. The number of pyridine rings is 1. The third-order valence-electron chi connectivity index (χ3n) is 4.75. The molecule has 1 N–H and O–H groups in total. The number of imidazole rings is 1. The largest absolute Gasteiger partial charge is 0.322 e. The summed E-state index contributed by atoms with van der Waals surface area (Å²) in [6.07, 6.45) is 3.46. The van der Waals surface area contributed by atoms with Crippen LogP contribution in [0.15, 0.2) is 91.4 Å². The Hall–Kier alpha value is -3.99. The molecule has 0 spiro atoms. The third-order valence-corrected chi connectivity index (χ3v) is 4.75. The van der Waals surface area contributed by atoms with E-state index in [9.17, 15) is 4.79 Å². The first-order chi connectivity index (χ1) is 13.8. The van der Waals surface area contributed by atoms with Gasteiger partial charge in [-0.2, -0.15) is 0 Å². The zero-order valence-corrected chi connectivity index (χ0v) is 14.9. The number of amides is 1. The van der Waals surface area contributed by atoms with Crippen molar-refractivity contribution in [1.82, 2.24) is 14.5 Å². The van der Waals surface area contributed by atoms with Crippen LogP contribution >= 0.6 is 0 Å². The smallest absolute Gasteiger partial charge is 0.256 e. The molecule has 2 aromatic heterocycles. The van der Waals surface area contributed by atoms with Gasteiger partial charge < -0.3 is 5.32 Å². The van der Waals surface area contributed by atoms with E-state index in [4.69, 9.17) is 0 Å². The lowest BCUT2D eigenvalue weighted by molar-refractivity contribution is 0.102. The van der Waals surface area contributed by atoms with Crippen LogP contribution in [0.25, 0.3) is 27.6 Å². The predicted octanol–water partition coefficient (Wildman–Crippen LogP) is 4.83. The third kappa shape index (κ3) is 2.79. The highest BCUT2D eigenvalue weighted by molar-refractivity contribution is 6.12. The van der Waals surface area contributed by atoms with E-state index in [0.29, 0.717) is 5.56 Å². The number of aromatic nitrogens is 3. The van der Waals surface area contributed by atoms with Crippen molar-refractivity contribution >= 4 is 33.5 Å². The van der Waals surface area contributed by atoms with Crippen LogP contribution in [0.2, 0.25) is 0 Å². The fourth-order valence-electron chi connectivity index (χ4n) is 3.36. The molecule has 5 rings (SSSR count). The summed E-state index contributed by atoms with van der Waals surface area (Å²) in [5, 5.41) is 3.81. The van der Waals surface area contributed by atoms with Gasteiger partial charge in [-0.25, -0.2) is 4.98 Å². The number of carbonyl (C=O) groups excluding carboxylic acids is 1. The number of nitrogens with zero attached hydrogens (tertiary/aromatic N) is 3. The Morgan fingerprint density at radius 3 is 2.39 bits per heavy atom. The molecule has 0 radical (unpaired) electrons. The topological polar surface area (TPSA) is 59.8 Å². The first-order valence-corrected chi connectivity index (χ1v) is 8.97. The monoisotopic (exact) mass is 364 g/mol. The second-order valence-corrected chi connectivity index (χ2v) is 6.48. The molecule has 3 aromatic carbocycles. The van der Waals surface area contributed by atoms with Crippen molar-refractivity contribution in [2.24, 2.45) is 0 Å². The number of anilines is 1. The molecule has 0 saturated carbocycles. The lowest BCUT2D eigenvalue weighted by atomic mass is 10.1. The molecule has 0 aliphatic heterocycles. The summed E-state index contributed by atoms with van der Waals surface area (Å²) in [5.41, 5.74) is 5.12. The predicted molar refractivity (Wildman–Crippen MR) is 111 cm³/mol. The van der Waals surface area contributed by atoms with E-state index in [0.717, 1.165) is 33.3 Å². The van der Waals surface area contributed by atoms with E-state index in [1.165, 1.54) is 0 Å². The second-order valence-electron chi connectivity index (χ2n) is 6.48. The van der Waals surface area contributed by atoms with Crippen LogP contribution < -0.4 is 5.32 Å². The highest BCUT2D eigenvalue weighted by atomic mass is 16.1. The Morgan fingerprint density at radius 1 is 0.786 bits per heavy atom. The fourth-order valence-corrected chi connectivity index (χ4v) is 3.36. The number of rotatable bonds is 3. The quantitative estimate of drug-likeness (QED) is 0.499. The van der Waals surface area contributed by atoms with Gasteiger partial charge in [-0.05, 0) is 48.5 Å². The molecular weight excluding hydrogens is 348 g/mol. The molecule has 5 aromatic rings. The minimum absolute atomic E-state index is 0.153. The standard InChI is InChI=1S/C23H16N4O/c28-23(19-13-14-24-20-6-2-1-5-18(19)20)26-16-9-11-17(12-10-16)27-15-25-21-7-3-4-8-22(21)27/h1-15H,(H,26,28). The summed E-state index contributed by atoms with van der Waals surface area (Å²) in [7, 11) is 0. The minimum atomic E-state index is -0.153. The number of para-hydroxylation sites is 3. The van der Waals surface area contributed by atoms with Gasteiger partial charge in [0.05, 0.1) is 22.1 Å². The van der Waals surface area contributed by atoms with Crippen molar-refractivity contribution in [3.05, 3.63) is 97.0 Å². The van der Waals surface area contributed by atoms with Gasteiger partial charge in [0.2, 0.25) is 0 Å². The molecule has 28 heavy (non-hydrogen) atoms. The van der Waals surface area contributed by atoms with Gasteiger partial charge in [0, 0.05) is 23.0 Å². The SMILES string of the molecule is O=C(Nc1ccc(-n2cnc3ccccc32)cc1)c1ccnc2ccccc12. The molecule has 5 heteroatoms.